The highest BCUT2D eigenvalue weighted by Gasteiger charge is 2.19. The van der Waals surface area contributed by atoms with Crippen LogP contribution in [0.4, 0.5) is 14.6 Å². The Balaban J connectivity index is 1.70. The van der Waals surface area contributed by atoms with Crippen molar-refractivity contribution in [2.24, 2.45) is 0 Å². The number of halogens is 2. The van der Waals surface area contributed by atoms with Crippen molar-refractivity contribution in [1.82, 2.24) is 14.5 Å². The molecule has 0 saturated carbocycles. The summed E-state index contributed by atoms with van der Waals surface area (Å²) in [6.45, 7) is 4.35. The molecule has 27 heavy (non-hydrogen) atoms. The number of sulfone groups is 1. The monoisotopic (exact) mass is 394 g/mol. The van der Waals surface area contributed by atoms with Crippen LogP contribution in [0.15, 0.2) is 29.4 Å². The van der Waals surface area contributed by atoms with E-state index in [0.717, 1.165) is 28.9 Å². The van der Waals surface area contributed by atoms with Crippen molar-refractivity contribution >= 4 is 26.7 Å². The van der Waals surface area contributed by atoms with Crippen molar-refractivity contribution in [2.75, 3.05) is 11.5 Å². The maximum Gasteiger partial charge on any atom is 0.181 e. The number of hydrogen-bond donors (Lipinski definition) is 1. The van der Waals surface area contributed by atoms with E-state index in [4.69, 9.17) is 5.73 Å². The van der Waals surface area contributed by atoms with Gasteiger partial charge < -0.3 is 10.3 Å². The standard InChI is InChI=1S/C18H20F2N4O2S/c1-11-12(2)23-18(21)16-17(11)24(10-22-16)7-3-4-8-27(25,26)15-6-5-13(19)9-14(15)20/h5-6,9-10H,3-4,7-8H2,1-2H3,(H2,21,23). The van der Waals surface area contributed by atoms with Gasteiger partial charge in [0.1, 0.15) is 22.0 Å². The second-order valence-corrected chi connectivity index (χ2v) is 8.52. The van der Waals surface area contributed by atoms with E-state index in [0.29, 0.717) is 36.8 Å². The van der Waals surface area contributed by atoms with Gasteiger partial charge in [-0.15, -0.1) is 0 Å². The lowest BCUT2D eigenvalue weighted by molar-refractivity contribution is 0.546. The normalized spacial score (nSPS) is 12.0. The average Bonchev–Trinajstić information content (AvgIpc) is 3.01. The smallest absolute Gasteiger partial charge is 0.181 e. The average molecular weight is 394 g/mol. The molecule has 0 spiro atoms. The van der Waals surface area contributed by atoms with Gasteiger partial charge in [0.25, 0.3) is 0 Å². The van der Waals surface area contributed by atoms with E-state index >= 15 is 0 Å². The lowest BCUT2D eigenvalue weighted by Gasteiger charge is -2.09. The third-order valence-electron chi connectivity index (χ3n) is 4.56. The number of nitrogens with two attached hydrogens (primary N) is 1. The molecule has 3 aromatic rings. The van der Waals surface area contributed by atoms with Crippen molar-refractivity contribution in [3.63, 3.8) is 0 Å². The molecular formula is C18H20F2N4O2S. The summed E-state index contributed by atoms with van der Waals surface area (Å²) >= 11 is 0. The Hall–Kier alpha value is -2.55. The zero-order valence-corrected chi connectivity index (χ0v) is 15.9. The molecule has 0 aliphatic heterocycles. The van der Waals surface area contributed by atoms with Crippen LogP contribution in [-0.4, -0.2) is 28.7 Å². The van der Waals surface area contributed by atoms with Gasteiger partial charge in [0, 0.05) is 18.3 Å². The number of imidazole rings is 1. The first-order valence-electron chi connectivity index (χ1n) is 8.46. The van der Waals surface area contributed by atoms with Crippen LogP contribution >= 0.6 is 0 Å². The summed E-state index contributed by atoms with van der Waals surface area (Å²) in [6, 6.07) is 2.48. The van der Waals surface area contributed by atoms with Crippen LogP contribution in [0, 0.1) is 25.5 Å². The first kappa shape index (κ1) is 19.2. The number of fused-ring (bicyclic) bond motifs is 1. The number of hydrogen-bond acceptors (Lipinski definition) is 5. The summed E-state index contributed by atoms with van der Waals surface area (Å²) in [4.78, 5) is 8.07. The van der Waals surface area contributed by atoms with Gasteiger partial charge in [0.05, 0.1) is 17.6 Å². The van der Waals surface area contributed by atoms with Gasteiger partial charge in [-0.05, 0) is 44.4 Å². The van der Waals surface area contributed by atoms with Gasteiger partial charge in [-0.2, -0.15) is 0 Å². The first-order chi connectivity index (χ1) is 12.7. The molecular weight excluding hydrogens is 374 g/mol. The topological polar surface area (TPSA) is 90.9 Å². The Bertz CT molecular complexity index is 1110. The van der Waals surface area contributed by atoms with Crippen LogP contribution in [0.2, 0.25) is 0 Å². The molecule has 0 amide bonds. The van der Waals surface area contributed by atoms with E-state index in [-0.39, 0.29) is 5.75 Å². The molecule has 1 aromatic carbocycles. The van der Waals surface area contributed by atoms with Crippen molar-refractivity contribution in [3.8, 4) is 0 Å². The molecule has 0 fully saturated rings. The fourth-order valence-electron chi connectivity index (χ4n) is 3.03. The zero-order chi connectivity index (χ0) is 19.8. The minimum atomic E-state index is -3.81. The largest absolute Gasteiger partial charge is 0.382 e. The highest BCUT2D eigenvalue weighted by atomic mass is 32.2. The van der Waals surface area contributed by atoms with Gasteiger partial charge >= 0.3 is 0 Å². The number of nitrogens with zero attached hydrogens (tertiary/aromatic N) is 3. The molecule has 0 radical (unpaired) electrons. The molecule has 0 atom stereocenters. The minimum Gasteiger partial charge on any atom is -0.382 e. The van der Waals surface area contributed by atoms with E-state index in [9.17, 15) is 17.2 Å². The number of benzene rings is 1. The summed E-state index contributed by atoms with van der Waals surface area (Å²) in [5, 5.41) is 0. The summed E-state index contributed by atoms with van der Waals surface area (Å²) < 4.78 is 53.2. The van der Waals surface area contributed by atoms with Crippen LogP contribution in [0.5, 0.6) is 0 Å². The molecule has 0 aliphatic carbocycles. The fourth-order valence-corrected chi connectivity index (χ4v) is 4.47. The Kier molecular flexibility index (Phi) is 5.14. The lowest BCUT2D eigenvalue weighted by Crippen LogP contribution is -2.10. The molecule has 2 aromatic heterocycles. The molecule has 0 unspecified atom stereocenters. The highest BCUT2D eigenvalue weighted by molar-refractivity contribution is 7.91. The maximum atomic E-state index is 13.7. The van der Waals surface area contributed by atoms with Crippen molar-refractivity contribution < 1.29 is 17.2 Å². The lowest BCUT2D eigenvalue weighted by atomic mass is 10.2. The Morgan fingerprint density at radius 1 is 1.19 bits per heavy atom. The maximum absolute atomic E-state index is 13.7. The third kappa shape index (κ3) is 3.78. The van der Waals surface area contributed by atoms with E-state index in [1.165, 1.54) is 0 Å². The number of aromatic nitrogens is 3. The van der Waals surface area contributed by atoms with Gasteiger partial charge in [-0.1, -0.05) is 0 Å². The number of rotatable bonds is 6. The summed E-state index contributed by atoms with van der Waals surface area (Å²) in [5.41, 5.74) is 9.20. The van der Waals surface area contributed by atoms with Gasteiger partial charge in [-0.3, -0.25) is 0 Å². The van der Waals surface area contributed by atoms with Crippen molar-refractivity contribution in [2.45, 2.75) is 38.1 Å². The number of unbranched alkanes of at least 4 members (excludes halogenated alkanes) is 1. The first-order valence-corrected chi connectivity index (χ1v) is 10.1. The highest BCUT2D eigenvalue weighted by Crippen LogP contribution is 2.24. The van der Waals surface area contributed by atoms with E-state index in [1.54, 1.807) is 6.33 Å². The van der Waals surface area contributed by atoms with Crippen molar-refractivity contribution in [3.05, 3.63) is 47.4 Å². The van der Waals surface area contributed by atoms with Gasteiger partial charge in [0.15, 0.2) is 15.7 Å². The van der Waals surface area contributed by atoms with Gasteiger partial charge in [0.2, 0.25) is 0 Å². The summed E-state index contributed by atoms with van der Waals surface area (Å²) in [5.74, 6) is -1.73. The second kappa shape index (κ2) is 7.22. The SMILES string of the molecule is Cc1nc(N)c2ncn(CCCCS(=O)(=O)c3ccc(F)cc3F)c2c1C. The number of nitrogen functional groups attached to an aromatic ring is 1. The molecule has 0 bridgehead atoms. The molecule has 0 aliphatic rings. The molecule has 6 nitrogen and oxygen atoms in total. The fraction of sp³-hybridized carbons (Fsp3) is 0.333. The molecule has 144 valence electrons. The quantitative estimate of drug-likeness (QED) is 0.512. The number of anilines is 1. The van der Waals surface area contributed by atoms with Crippen LogP contribution in [0.25, 0.3) is 11.0 Å². The minimum absolute atomic E-state index is 0.218. The zero-order valence-electron chi connectivity index (χ0n) is 15.0. The van der Waals surface area contributed by atoms with Crippen LogP contribution in [0.3, 0.4) is 0 Å². The van der Waals surface area contributed by atoms with Crippen molar-refractivity contribution in [1.29, 1.82) is 0 Å². The predicted molar refractivity (Wildman–Crippen MR) is 99.1 cm³/mol. The van der Waals surface area contributed by atoms with E-state index in [2.05, 4.69) is 9.97 Å². The molecule has 2 N–H and O–H groups in total. The molecule has 3 rings (SSSR count). The second-order valence-electron chi connectivity index (χ2n) is 6.44. The van der Waals surface area contributed by atoms with Gasteiger partial charge in [-0.25, -0.2) is 27.2 Å². The Morgan fingerprint density at radius 2 is 1.93 bits per heavy atom. The number of pyridine rings is 1. The molecule has 0 saturated heterocycles. The third-order valence-corrected chi connectivity index (χ3v) is 6.38. The predicted octanol–water partition coefficient (Wildman–Crippen LogP) is 3.16. The molecule has 2 heterocycles. The summed E-state index contributed by atoms with van der Waals surface area (Å²) in [6.07, 6.45) is 2.54. The van der Waals surface area contributed by atoms with Crippen LogP contribution in [0.1, 0.15) is 24.1 Å². The number of aryl methyl sites for hydroxylation is 3. The van der Waals surface area contributed by atoms with E-state index in [1.807, 2.05) is 18.4 Å². The molecule has 9 heteroatoms. The van der Waals surface area contributed by atoms with Crippen LogP contribution < -0.4 is 5.73 Å². The van der Waals surface area contributed by atoms with E-state index < -0.39 is 26.4 Å². The summed E-state index contributed by atoms with van der Waals surface area (Å²) in [7, 11) is -3.81. The Labute approximate surface area is 156 Å². The van der Waals surface area contributed by atoms with Crippen LogP contribution in [-0.2, 0) is 16.4 Å². The Morgan fingerprint density at radius 3 is 2.63 bits per heavy atom.